The van der Waals surface area contributed by atoms with Crippen molar-refractivity contribution in [3.8, 4) is 0 Å². The highest BCUT2D eigenvalue weighted by molar-refractivity contribution is 5.90. The lowest BCUT2D eigenvalue weighted by Crippen LogP contribution is -2.44. The maximum Gasteiger partial charge on any atom is 0.387 e. The standard InChI is InChI=1S/C11H13NO11/c12-5-1-2-7(15)20-23-10(18)11(19,3-6(13)14)4-8(16)21-22-9(5)17/h5,19H,1-4,12H2,(H,13,14). The van der Waals surface area contributed by atoms with E-state index in [0.29, 0.717) is 0 Å². The normalized spacial score (nSPS) is 27.3. The maximum atomic E-state index is 11.6. The van der Waals surface area contributed by atoms with Crippen molar-refractivity contribution in [2.75, 3.05) is 0 Å². The molecule has 12 heteroatoms. The molecule has 1 heterocycles. The highest BCUT2D eigenvalue weighted by Crippen LogP contribution is 2.20. The molecule has 1 aliphatic rings. The third kappa shape index (κ3) is 5.52. The first-order valence-corrected chi connectivity index (χ1v) is 6.17. The summed E-state index contributed by atoms with van der Waals surface area (Å²) in [6.07, 6.45) is -3.23. The number of nitrogens with two attached hydrogens (primary N) is 1. The predicted molar refractivity (Wildman–Crippen MR) is 63.4 cm³/mol. The van der Waals surface area contributed by atoms with Gasteiger partial charge in [-0.25, -0.2) is 38.7 Å². The minimum Gasteiger partial charge on any atom is -0.481 e. The van der Waals surface area contributed by atoms with Crippen LogP contribution in [0.15, 0.2) is 0 Å². The molecule has 2 unspecified atom stereocenters. The van der Waals surface area contributed by atoms with Crippen LogP contribution in [-0.4, -0.2) is 51.7 Å². The topological polar surface area (TPSA) is 189 Å². The fourth-order valence-corrected chi connectivity index (χ4v) is 1.47. The van der Waals surface area contributed by atoms with Gasteiger partial charge in [0.2, 0.25) is 0 Å². The van der Waals surface area contributed by atoms with E-state index in [0.717, 1.165) is 0 Å². The number of aliphatic hydroxyl groups is 1. The van der Waals surface area contributed by atoms with Gasteiger partial charge in [-0.3, -0.25) is 4.79 Å². The Morgan fingerprint density at radius 3 is 2.35 bits per heavy atom. The summed E-state index contributed by atoms with van der Waals surface area (Å²) in [5.74, 6) is -7.13. The highest BCUT2D eigenvalue weighted by atomic mass is 17.2. The number of rotatable bonds is 2. The first-order valence-electron chi connectivity index (χ1n) is 6.17. The minimum atomic E-state index is -2.90. The molecule has 4 N–H and O–H groups in total. The minimum absolute atomic E-state index is 0.272. The summed E-state index contributed by atoms with van der Waals surface area (Å²) in [6, 6.07) is -1.33. The Morgan fingerprint density at radius 1 is 1.13 bits per heavy atom. The van der Waals surface area contributed by atoms with Crippen LogP contribution in [0, 0.1) is 0 Å². The molecule has 1 aliphatic heterocycles. The molecule has 0 aliphatic carbocycles. The summed E-state index contributed by atoms with van der Waals surface area (Å²) in [6.45, 7) is 0. The smallest absolute Gasteiger partial charge is 0.387 e. The van der Waals surface area contributed by atoms with E-state index in [2.05, 4.69) is 19.6 Å². The number of carbonyl (C=O) groups excluding carboxylic acids is 4. The third-order valence-electron chi connectivity index (χ3n) is 2.65. The van der Waals surface area contributed by atoms with Crippen molar-refractivity contribution in [2.45, 2.75) is 37.3 Å². The lowest BCUT2D eigenvalue weighted by molar-refractivity contribution is -0.274. The van der Waals surface area contributed by atoms with Crippen LogP contribution >= 0.6 is 0 Å². The van der Waals surface area contributed by atoms with Crippen molar-refractivity contribution in [3.63, 3.8) is 0 Å². The van der Waals surface area contributed by atoms with Gasteiger partial charge in [0, 0.05) is 0 Å². The molecule has 1 fully saturated rings. The first-order chi connectivity index (χ1) is 10.6. The Bertz CT molecular complexity index is 530. The monoisotopic (exact) mass is 335 g/mol. The SMILES string of the molecule is NC1CCC(=O)OOC(=O)C(O)(CC(=O)O)CC(=O)OOC1=O. The van der Waals surface area contributed by atoms with Gasteiger partial charge >= 0.3 is 29.8 Å². The molecule has 0 amide bonds. The van der Waals surface area contributed by atoms with Crippen LogP contribution in [0.2, 0.25) is 0 Å². The van der Waals surface area contributed by atoms with Crippen molar-refractivity contribution < 1.29 is 53.7 Å². The van der Waals surface area contributed by atoms with Gasteiger partial charge in [-0.15, -0.1) is 0 Å². The van der Waals surface area contributed by atoms with E-state index in [1.54, 1.807) is 0 Å². The van der Waals surface area contributed by atoms with Crippen LogP contribution in [0.5, 0.6) is 0 Å². The molecule has 128 valence electrons. The zero-order valence-corrected chi connectivity index (χ0v) is 11.6. The summed E-state index contributed by atoms with van der Waals surface area (Å²) >= 11 is 0. The Morgan fingerprint density at radius 2 is 1.74 bits per heavy atom. The van der Waals surface area contributed by atoms with Crippen molar-refractivity contribution in [3.05, 3.63) is 0 Å². The Kier molecular flexibility index (Phi) is 5.98. The Labute approximate surface area is 127 Å². The lowest BCUT2D eigenvalue weighted by atomic mass is 9.96. The summed E-state index contributed by atoms with van der Waals surface area (Å²) in [7, 11) is 0. The second-order valence-electron chi connectivity index (χ2n) is 4.61. The molecule has 0 radical (unpaired) electrons. The van der Waals surface area contributed by atoms with E-state index < -0.39 is 60.8 Å². The quantitative estimate of drug-likeness (QED) is 0.458. The fraction of sp³-hybridized carbons (Fsp3) is 0.545. The van der Waals surface area contributed by atoms with Crippen LogP contribution in [0.1, 0.15) is 25.7 Å². The van der Waals surface area contributed by atoms with Gasteiger partial charge in [0.15, 0.2) is 5.60 Å². The van der Waals surface area contributed by atoms with E-state index in [-0.39, 0.29) is 6.42 Å². The van der Waals surface area contributed by atoms with Crippen LogP contribution < -0.4 is 5.73 Å². The molecule has 1 saturated heterocycles. The number of carboxylic acid groups (broad SMARTS) is 1. The molecular weight excluding hydrogens is 322 g/mol. The molecule has 0 aromatic carbocycles. The lowest BCUT2D eigenvalue weighted by Gasteiger charge is -2.21. The fourth-order valence-electron chi connectivity index (χ4n) is 1.47. The number of hydrogen-bond donors (Lipinski definition) is 3. The number of carboxylic acids is 1. The molecule has 0 aromatic rings. The number of aliphatic carboxylic acids is 1. The van der Waals surface area contributed by atoms with Crippen molar-refractivity contribution >= 4 is 29.8 Å². The summed E-state index contributed by atoms with van der Waals surface area (Å²) in [4.78, 5) is 72.6. The predicted octanol–water partition coefficient (Wildman–Crippen LogP) is -2.29. The van der Waals surface area contributed by atoms with Crippen molar-refractivity contribution in [1.82, 2.24) is 0 Å². The second kappa shape index (κ2) is 7.51. The van der Waals surface area contributed by atoms with E-state index >= 15 is 0 Å². The van der Waals surface area contributed by atoms with E-state index in [9.17, 15) is 29.1 Å². The molecule has 12 nitrogen and oxygen atoms in total. The Hall–Kier alpha value is -2.73. The van der Waals surface area contributed by atoms with Crippen LogP contribution in [-0.2, 0) is 43.5 Å². The molecule has 0 saturated carbocycles. The van der Waals surface area contributed by atoms with Crippen molar-refractivity contribution in [1.29, 1.82) is 0 Å². The third-order valence-corrected chi connectivity index (χ3v) is 2.65. The summed E-state index contributed by atoms with van der Waals surface area (Å²) in [5, 5.41) is 18.6. The first kappa shape index (κ1) is 18.3. The zero-order chi connectivity index (χ0) is 17.6. The van der Waals surface area contributed by atoms with Gasteiger partial charge in [-0.2, -0.15) is 0 Å². The van der Waals surface area contributed by atoms with E-state index in [1.807, 2.05) is 0 Å². The Balaban J connectivity index is 2.96. The molecular formula is C11H13NO11. The molecule has 2 atom stereocenters. The van der Waals surface area contributed by atoms with Crippen LogP contribution in [0.25, 0.3) is 0 Å². The van der Waals surface area contributed by atoms with Crippen LogP contribution in [0.4, 0.5) is 0 Å². The summed E-state index contributed by atoms with van der Waals surface area (Å²) in [5.41, 5.74) is 2.45. The molecule has 23 heavy (non-hydrogen) atoms. The van der Waals surface area contributed by atoms with Gasteiger partial charge in [0.05, 0.1) is 19.3 Å². The highest BCUT2D eigenvalue weighted by Gasteiger charge is 2.45. The van der Waals surface area contributed by atoms with Gasteiger partial charge < -0.3 is 15.9 Å². The zero-order valence-electron chi connectivity index (χ0n) is 11.6. The van der Waals surface area contributed by atoms with E-state index in [1.165, 1.54) is 0 Å². The second-order valence-corrected chi connectivity index (χ2v) is 4.61. The molecule has 0 aromatic heterocycles. The molecule has 0 spiro atoms. The van der Waals surface area contributed by atoms with Gasteiger partial charge in [-0.05, 0) is 6.42 Å². The van der Waals surface area contributed by atoms with E-state index in [4.69, 9.17) is 10.8 Å². The average molecular weight is 335 g/mol. The number of carbonyl (C=O) groups is 5. The largest absolute Gasteiger partial charge is 0.481 e. The maximum absolute atomic E-state index is 11.6. The van der Waals surface area contributed by atoms with Gasteiger partial charge in [0.25, 0.3) is 0 Å². The van der Waals surface area contributed by atoms with Crippen molar-refractivity contribution in [2.24, 2.45) is 5.73 Å². The van der Waals surface area contributed by atoms with Gasteiger partial charge in [0.1, 0.15) is 6.04 Å². The van der Waals surface area contributed by atoms with Gasteiger partial charge in [-0.1, -0.05) is 0 Å². The van der Waals surface area contributed by atoms with Crippen LogP contribution in [0.3, 0.4) is 0 Å². The summed E-state index contributed by atoms with van der Waals surface area (Å²) < 4.78 is 0. The average Bonchev–Trinajstić information content (AvgIpc) is 2.46. The molecule has 0 bridgehead atoms. The molecule has 1 rings (SSSR count). The number of hydrogen-bond acceptors (Lipinski definition) is 11.